The lowest BCUT2D eigenvalue weighted by Gasteiger charge is -2.21. The minimum Gasteiger partial charge on any atom is -0.341 e. The Bertz CT molecular complexity index is 1120. The van der Waals surface area contributed by atoms with Crippen molar-refractivity contribution in [2.75, 3.05) is 0 Å². The second-order valence-electron chi connectivity index (χ2n) is 6.37. The van der Waals surface area contributed by atoms with E-state index < -0.39 is 11.9 Å². The molecule has 0 spiro atoms. The van der Waals surface area contributed by atoms with Gasteiger partial charge in [0.2, 0.25) is 0 Å². The van der Waals surface area contributed by atoms with E-state index in [0.717, 1.165) is 11.3 Å². The average molecular weight is 451 g/mol. The number of aromatic nitrogens is 3. The Balaban J connectivity index is 1.63. The lowest BCUT2D eigenvalue weighted by atomic mass is 9.97. The van der Waals surface area contributed by atoms with Gasteiger partial charge in [0.05, 0.1) is 11.7 Å². The molecule has 1 aromatic heterocycles. The molecule has 0 bridgehead atoms. The van der Waals surface area contributed by atoms with E-state index in [4.69, 9.17) is 0 Å². The van der Waals surface area contributed by atoms with Crippen LogP contribution in [0.25, 0.3) is 5.69 Å². The molecule has 4 aromatic rings. The molecule has 5 nitrogen and oxygen atoms in total. The molecule has 0 aliphatic carbocycles. The van der Waals surface area contributed by atoms with Crippen LogP contribution in [-0.2, 0) is 0 Å². The minimum atomic E-state index is -0.619. The molecule has 0 saturated heterocycles. The maximum absolute atomic E-state index is 14.7. The summed E-state index contributed by atoms with van der Waals surface area (Å²) in [5.74, 6) is -0.693. The highest BCUT2D eigenvalue weighted by atomic mass is 79.9. The Morgan fingerprint density at radius 1 is 1.03 bits per heavy atom. The zero-order chi connectivity index (χ0) is 20.2. The Morgan fingerprint density at radius 2 is 1.79 bits per heavy atom. The van der Waals surface area contributed by atoms with E-state index in [1.807, 2.05) is 30.3 Å². The van der Waals surface area contributed by atoms with Gasteiger partial charge in [0.1, 0.15) is 18.5 Å². The fraction of sp³-hybridized carbons (Fsp3) is 0.0455. The zero-order valence-corrected chi connectivity index (χ0v) is 16.8. The third-order valence-corrected chi connectivity index (χ3v) is 4.99. The number of rotatable bonds is 5. The van der Waals surface area contributed by atoms with Crippen LogP contribution in [0, 0.1) is 5.82 Å². The number of hydrogen-bond donors (Lipinski definition) is 1. The largest absolute Gasteiger partial charge is 0.341 e. The Labute approximate surface area is 175 Å². The van der Waals surface area contributed by atoms with Crippen molar-refractivity contribution < 1.29 is 9.18 Å². The van der Waals surface area contributed by atoms with E-state index in [9.17, 15) is 9.18 Å². The monoisotopic (exact) mass is 450 g/mol. The van der Waals surface area contributed by atoms with Gasteiger partial charge in [-0.3, -0.25) is 4.79 Å². The first-order chi connectivity index (χ1) is 14.1. The number of hydrogen-bond acceptors (Lipinski definition) is 3. The van der Waals surface area contributed by atoms with Gasteiger partial charge in [0.25, 0.3) is 5.91 Å². The highest BCUT2D eigenvalue weighted by Crippen LogP contribution is 2.27. The lowest BCUT2D eigenvalue weighted by Crippen LogP contribution is -2.30. The van der Waals surface area contributed by atoms with E-state index >= 15 is 0 Å². The molecule has 7 heteroatoms. The third kappa shape index (κ3) is 4.25. The number of carbonyl (C=O) groups excluding carboxylic acids is 1. The minimum absolute atomic E-state index is 0.300. The van der Waals surface area contributed by atoms with Gasteiger partial charge in [-0.05, 0) is 42.0 Å². The van der Waals surface area contributed by atoms with Crippen LogP contribution in [0.1, 0.15) is 27.5 Å². The van der Waals surface area contributed by atoms with E-state index in [1.165, 1.54) is 12.4 Å². The molecule has 1 heterocycles. The first kappa shape index (κ1) is 19.0. The van der Waals surface area contributed by atoms with Gasteiger partial charge < -0.3 is 5.32 Å². The summed E-state index contributed by atoms with van der Waals surface area (Å²) in [7, 11) is 0. The van der Waals surface area contributed by atoms with Crippen molar-refractivity contribution in [2.45, 2.75) is 6.04 Å². The molecule has 1 unspecified atom stereocenters. The maximum atomic E-state index is 14.7. The van der Waals surface area contributed by atoms with Crippen LogP contribution in [0.2, 0.25) is 0 Å². The summed E-state index contributed by atoms with van der Waals surface area (Å²) in [4.78, 5) is 16.8. The predicted molar refractivity (Wildman–Crippen MR) is 111 cm³/mol. The summed E-state index contributed by atoms with van der Waals surface area (Å²) in [6, 6.07) is 20.5. The second-order valence-corrected chi connectivity index (χ2v) is 7.29. The SMILES string of the molecule is O=C(NC(c1ccccc1)c1ccc(Br)cc1F)c1ccc(-n2cncn2)cc1. The van der Waals surface area contributed by atoms with E-state index in [-0.39, 0.29) is 5.91 Å². The summed E-state index contributed by atoms with van der Waals surface area (Å²) in [5, 5.41) is 7.02. The molecule has 29 heavy (non-hydrogen) atoms. The smallest absolute Gasteiger partial charge is 0.252 e. The van der Waals surface area contributed by atoms with Crippen molar-refractivity contribution in [1.82, 2.24) is 20.1 Å². The molecule has 1 amide bonds. The molecular weight excluding hydrogens is 435 g/mol. The van der Waals surface area contributed by atoms with Crippen LogP contribution in [-0.4, -0.2) is 20.7 Å². The fourth-order valence-electron chi connectivity index (χ4n) is 3.04. The number of carbonyl (C=O) groups is 1. The van der Waals surface area contributed by atoms with Gasteiger partial charge in [0, 0.05) is 15.6 Å². The molecule has 1 atom stereocenters. The maximum Gasteiger partial charge on any atom is 0.252 e. The Morgan fingerprint density at radius 3 is 2.45 bits per heavy atom. The van der Waals surface area contributed by atoms with E-state index in [1.54, 1.807) is 47.4 Å². The normalized spacial score (nSPS) is 11.8. The second kappa shape index (κ2) is 8.36. The standard InChI is InChI=1S/C22H16BrFN4O/c23-17-8-11-19(20(24)12-17)21(15-4-2-1-3-5-15)27-22(29)16-6-9-18(10-7-16)28-14-25-13-26-28/h1-14,21H,(H,27,29). The van der Waals surface area contributed by atoms with Crippen LogP contribution in [0.15, 0.2) is 89.9 Å². The first-order valence-electron chi connectivity index (χ1n) is 8.87. The quantitative estimate of drug-likeness (QED) is 0.479. The van der Waals surface area contributed by atoms with Gasteiger partial charge in [-0.2, -0.15) is 5.10 Å². The lowest BCUT2D eigenvalue weighted by molar-refractivity contribution is 0.0942. The molecular formula is C22H16BrFN4O. The average Bonchev–Trinajstić information content (AvgIpc) is 3.28. The molecule has 0 aliphatic rings. The highest BCUT2D eigenvalue weighted by Gasteiger charge is 2.21. The topological polar surface area (TPSA) is 59.8 Å². The summed E-state index contributed by atoms with van der Waals surface area (Å²) in [6.45, 7) is 0. The Kier molecular flexibility index (Phi) is 5.48. The van der Waals surface area contributed by atoms with Crippen LogP contribution in [0.4, 0.5) is 4.39 Å². The summed E-state index contributed by atoms with van der Waals surface area (Å²) in [6.07, 6.45) is 3.02. The van der Waals surface area contributed by atoms with E-state index in [2.05, 4.69) is 31.3 Å². The van der Waals surface area contributed by atoms with Gasteiger partial charge in [-0.15, -0.1) is 0 Å². The number of nitrogens with zero attached hydrogens (tertiary/aromatic N) is 3. The number of amides is 1. The number of halogens is 2. The predicted octanol–water partition coefficient (Wildman–Crippen LogP) is 4.69. The van der Waals surface area contributed by atoms with Crippen LogP contribution >= 0.6 is 15.9 Å². The molecule has 3 aromatic carbocycles. The molecule has 0 saturated carbocycles. The van der Waals surface area contributed by atoms with Crippen molar-refractivity contribution in [3.05, 3.63) is 112 Å². The van der Waals surface area contributed by atoms with Gasteiger partial charge in [-0.1, -0.05) is 52.3 Å². The van der Waals surface area contributed by atoms with Crippen molar-refractivity contribution in [2.24, 2.45) is 0 Å². The fourth-order valence-corrected chi connectivity index (χ4v) is 3.38. The molecule has 144 valence electrons. The van der Waals surface area contributed by atoms with Crippen molar-refractivity contribution >= 4 is 21.8 Å². The van der Waals surface area contributed by atoms with Crippen LogP contribution < -0.4 is 5.32 Å². The summed E-state index contributed by atoms with van der Waals surface area (Å²) in [5.41, 5.74) is 2.44. The van der Waals surface area contributed by atoms with Crippen molar-refractivity contribution in [3.8, 4) is 5.69 Å². The Hall–Kier alpha value is -3.32. The number of benzene rings is 3. The first-order valence-corrected chi connectivity index (χ1v) is 9.67. The van der Waals surface area contributed by atoms with Gasteiger partial charge in [0.15, 0.2) is 0 Å². The molecule has 0 fully saturated rings. The molecule has 0 radical (unpaired) electrons. The molecule has 1 N–H and O–H groups in total. The van der Waals surface area contributed by atoms with Crippen LogP contribution in [0.3, 0.4) is 0 Å². The highest BCUT2D eigenvalue weighted by molar-refractivity contribution is 9.10. The zero-order valence-electron chi connectivity index (χ0n) is 15.2. The third-order valence-electron chi connectivity index (χ3n) is 4.49. The number of nitrogens with one attached hydrogen (secondary N) is 1. The van der Waals surface area contributed by atoms with Crippen molar-refractivity contribution in [1.29, 1.82) is 0 Å². The van der Waals surface area contributed by atoms with Crippen LogP contribution in [0.5, 0.6) is 0 Å². The van der Waals surface area contributed by atoms with Gasteiger partial charge >= 0.3 is 0 Å². The summed E-state index contributed by atoms with van der Waals surface area (Å²) >= 11 is 3.27. The molecule has 4 rings (SSSR count). The van der Waals surface area contributed by atoms with E-state index in [0.29, 0.717) is 15.6 Å². The molecule has 0 aliphatic heterocycles. The summed E-state index contributed by atoms with van der Waals surface area (Å²) < 4.78 is 16.9. The van der Waals surface area contributed by atoms with Crippen molar-refractivity contribution in [3.63, 3.8) is 0 Å². The van der Waals surface area contributed by atoms with Gasteiger partial charge in [-0.25, -0.2) is 14.1 Å².